The van der Waals surface area contributed by atoms with Crippen LogP contribution in [0.3, 0.4) is 0 Å². The number of benzene rings is 1. The van der Waals surface area contributed by atoms with E-state index in [-0.39, 0.29) is 27.9 Å². The maximum Gasteiger partial charge on any atom is 0.273 e. The van der Waals surface area contributed by atoms with Gasteiger partial charge in [0.25, 0.3) is 11.2 Å². The summed E-state index contributed by atoms with van der Waals surface area (Å²) < 4.78 is 14.1. The van der Waals surface area contributed by atoms with Crippen molar-refractivity contribution < 1.29 is 9.31 Å². The lowest BCUT2D eigenvalue weighted by atomic mass is 9.95. The quantitative estimate of drug-likeness (QED) is 0.677. The zero-order chi connectivity index (χ0) is 15.7. The lowest BCUT2D eigenvalue weighted by molar-refractivity contribution is -0.385. The SMILES string of the molecule is Cc1cc(-c2c(F)ccc([N+](=O)[O-])c2C)c(C#N)c(=O)[nH]1. The normalized spacial score (nSPS) is 10.2. The van der Waals surface area contributed by atoms with E-state index in [1.165, 1.54) is 13.0 Å². The number of nitro benzene ring substituents is 1. The predicted octanol–water partition coefficient (Wildman–Crippen LogP) is 2.58. The first-order chi connectivity index (χ1) is 9.86. The maximum atomic E-state index is 14.1. The molecule has 0 aliphatic carbocycles. The van der Waals surface area contributed by atoms with Gasteiger partial charge in [-0.05, 0) is 26.0 Å². The molecule has 0 saturated carbocycles. The molecule has 1 N–H and O–H groups in total. The lowest BCUT2D eigenvalue weighted by Crippen LogP contribution is -2.13. The van der Waals surface area contributed by atoms with Crippen LogP contribution in [0.4, 0.5) is 10.1 Å². The Morgan fingerprint density at radius 2 is 2.05 bits per heavy atom. The van der Waals surface area contributed by atoms with Crippen molar-refractivity contribution in [3.8, 4) is 17.2 Å². The highest BCUT2D eigenvalue weighted by atomic mass is 19.1. The van der Waals surface area contributed by atoms with Crippen LogP contribution in [-0.2, 0) is 0 Å². The average Bonchev–Trinajstić information content (AvgIpc) is 2.37. The van der Waals surface area contributed by atoms with E-state index in [9.17, 15) is 19.3 Å². The zero-order valence-electron chi connectivity index (χ0n) is 11.2. The fraction of sp³-hybridized carbons (Fsp3) is 0.143. The van der Waals surface area contributed by atoms with Crippen molar-refractivity contribution in [3.05, 3.63) is 61.3 Å². The van der Waals surface area contributed by atoms with Crippen LogP contribution in [0.5, 0.6) is 0 Å². The van der Waals surface area contributed by atoms with Crippen LogP contribution in [0.1, 0.15) is 16.8 Å². The van der Waals surface area contributed by atoms with E-state index in [2.05, 4.69) is 4.98 Å². The highest BCUT2D eigenvalue weighted by molar-refractivity contribution is 5.76. The van der Waals surface area contributed by atoms with E-state index in [1.807, 2.05) is 0 Å². The molecule has 106 valence electrons. The van der Waals surface area contributed by atoms with Crippen LogP contribution >= 0.6 is 0 Å². The number of aryl methyl sites for hydroxylation is 1. The molecule has 7 heteroatoms. The van der Waals surface area contributed by atoms with Crippen molar-refractivity contribution >= 4 is 5.69 Å². The van der Waals surface area contributed by atoms with Gasteiger partial charge >= 0.3 is 0 Å². The second-order valence-corrected chi connectivity index (χ2v) is 4.51. The van der Waals surface area contributed by atoms with Gasteiger partial charge in [0.2, 0.25) is 0 Å². The summed E-state index contributed by atoms with van der Waals surface area (Å²) in [7, 11) is 0. The fourth-order valence-corrected chi connectivity index (χ4v) is 2.19. The molecule has 0 aliphatic rings. The Hall–Kier alpha value is -3.01. The number of nitrogens with zero attached hydrogens (tertiary/aromatic N) is 2. The van der Waals surface area contributed by atoms with Crippen LogP contribution in [0.25, 0.3) is 11.1 Å². The first kappa shape index (κ1) is 14.4. The van der Waals surface area contributed by atoms with Crippen LogP contribution in [-0.4, -0.2) is 9.91 Å². The lowest BCUT2D eigenvalue weighted by Gasteiger charge is -2.10. The van der Waals surface area contributed by atoms with Gasteiger partial charge in [-0.3, -0.25) is 14.9 Å². The monoisotopic (exact) mass is 287 g/mol. The third kappa shape index (κ3) is 2.39. The number of aromatic amines is 1. The molecule has 6 nitrogen and oxygen atoms in total. The van der Waals surface area contributed by atoms with Gasteiger partial charge in [-0.15, -0.1) is 0 Å². The van der Waals surface area contributed by atoms with Crippen molar-refractivity contribution in [1.82, 2.24) is 4.98 Å². The molecule has 0 unspecified atom stereocenters. The van der Waals surface area contributed by atoms with Crippen molar-refractivity contribution in [2.75, 3.05) is 0 Å². The second-order valence-electron chi connectivity index (χ2n) is 4.51. The number of nitrogens with one attached hydrogen (secondary N) is 1. The molecule has 21 heavy (non-hydrogen) atoms. The van der Waals surface area contributed by atoms with Gasteiger partial charge in [0, 0.05) is 28.5 Å². The molecule has 1 heterocycles. The van der Waals surface area contributed by atoms with E-state index in [0.29, 0.717) is 5.69 Å². The first-order valence-corrected chi connectivity index (χ1v) is 5.94. The molecule has 0 amide bonds. The largest absolute Gasteiger partial charge is 0.325 e. The molecule has 0 aliphatic heterocycles. The number of nitriles is 1. The highest BCUT2D eigenvalue weighted by Gasteiger charge is 2.22. The molecule has 1 aromatic heterocycles. The minimum absolute atomic E-state index is 0.0532. The molecule has 0 fully saturated rings. The van der Waals surface area contributed by atoms with Crippen molar-refractivity contribution in [2.24, 2.45) is 0 Å². The molecule has 0 saturated heterocycles. The Labute approximate surface area is 118 Å². The molecule has 2 aromatic rings. The van der Waals surface area contributed by atoms with Gasteiger partial charge in [-0.1, -0.05) is 0 Å². The summed E-state index contributed by atoms with van der Waals surface area (Å²) in [6.45, 7) is 2.96. The van der Waals surface area contributed by atoms with Crippen molar-refractivity contribution in [2.45, 2.75) is 13.8 Å². The van der Waals surface area contributed by atoms with Crippen LogP contribution in [0, 0.1) is 41.1 Å². The summed E-state index contributed by atoms with van der Waals surface area (Å²) >= 11 is 0. The standard InChI is InChI=1S/C14H10FN3O3/c1-7-5-9(10(6-16)14(19)17-7)13-8(2)12(18(20)21)4-3-11(13)15/h3-5H,1-2H3,(H,17,19). The molecule has 0 bridgehead atoms. The number of aromatic nitrogens is 1. The third-order valence-corrected chi connectivity index (χ3v) is 3.13. The minimum atomic E-state index is -0.723. The summed E-state index contributed by atoms with van der Waals surface area (Å²) in [5.74, 6) is -0.723. The Kier molecular flexibility index (Phi) is 3.54. The number of rotatable bonds is 2. The molecule has 1 aromatic carbocycles. The number of hydrogen-bond acceptors (Lipinski definition) is 4. The van der Waals surface area contributed by atoms with E-state index < -0.39 is 16.3 Å². The molecule has 0 spiro atoms. The van der Waals surface area contributed by atoms with Crippen LogP contribution in [0.15, 0.2) is 23.0 Å². The van der Waals surface area contributed by atoms with Crippen LogP contribution < -0.4 is 5.56 Å². The molecular weight excluding hydrogens is 277 g/mol. The summed E-state index contributed by atoms with van der Waals surface area (Å²) in [6.07, 6.45) is 0. The molecule has 2 rings (SSSR count). The number of pyridine rings is 1. The van der Waals surface area contributed by atoms with Gasteiger partial charge in [0.1, 0.15) is 17.4 Å². The van der Waals surface area contributed by atoms with Crippen molar-refractivity contribution in [1.29, 1.82) is 5.26 Å². The Morgan fingerprint density at radius 1 is 1.38 bits per heavy atom. The fourth-order valence-electron chi connectivity index (χ4n) is 2.19. The molecule has 0 radical (unpaired) electrons. The van der Waals surface area contributed by atoms with Gasteiger partial charge < -0.3 is 4.98 Å². The summed E-state index contributed by atoms with van der Waals surface area (Å²) in [4.78, 5) is 24.5. The predicted molar refractivity (Wildman–Crippen MR) is 73.3 cm³/mol. The van der Waals surface area contributed by atoms with E-state index in [0.717, 1.165) is 12.1 Å². The van der Waals surface area contributed by atoms with Gasteiger partial charge in [0.05, 0.1) is 4.92 Å². The number of nitro groups is 1. The van der Waals surface area contributed by atoms with Gasteiger partial charge in [0.15, 0.2) is 0 Å². The topological polar surface area (TPSA) is 99.8 Å². The first-order valence-electron chi connectivity index (χ1n) is 5.94. The summed E-state index contributed by atoms with van der Waals surface area (Å²) in [5.41, 5.74) is -0.748. The number of halogens is 1. The van der Waals surface area contributed by atoms with E-state index in [1.54, 1.807) is 13.0 Å². The third-order valence-electron chi connectivity index (χ3n) is 3.13. The highest BCUT2D eigenvalue weighted by Crippen LogP contribution is 2.33. The second kappa shape index (κ2) is 5.17. The Balaban J connectivity index is 2.92. The average molecular weight is 287 g/mol. The van der Waals surface area contributed by atoms with E-state index >= 15 is 0 Å². The Bertz CT molecular complexity index is 850. The van der Waals surface area contributed by atoms with Gasteiger partial charge in [-0.2, -0.15) is 5.26 Å². The Morgan fingerprint density at radius 3 is 2.62 bits per heavy atom. The number of H-pyrrole nitrogens is 1. The zero-order valence-corrected chi connectivity index (χ0v) is 11.2. The summed E-state index contributed by atoms with van der Waals surface area (Å²) in [6, 6.07) is 5.15. The molecular formula is C14H10FN3O3. The van der Waals surface area contributed by atoms with Gasteiger partial charge in [-0.25, -0.2) is 4.39 Å². The van der Waals surface area contributed by atoms with E-state index in [4.69, 9.17) is 5.26 Å². The maximum absolute atomic E-state index is 14.1. The minimum Gasteiger partial charge on any atom is -0.325 e. The summed E-state index contributed by atoms with van der Waals surface area (Å²) in [5, 5.41) is 20.0. The van der Waals surface area contributed by atoms with Crippen molar-refractivity contribution in [3.63, 3.8) is 0 Å². The van der Waals surface area contributed by atoms with Crippen LogP contribution in [0.2, 0.25) is 0 Å². The number of hydrogen-bond donors (Lipinski definition) is 1. The smallest absolute Gasteiger partial charge is 0.273 e. The molecule has 0 atom stereocenters.